The molecule has 0 radical (unpaired) electrons. The van der Waals surface area contributed by atoms with Crippen molar-refractivity contribution in [2.75, 3.05) is 5.32 Å². The number of aliphatic carboxylic acids is 1. The molecule has 0 atom stereocenters. The Morgan fingerprint density at radius 2 is 1.26 bits per heavy atom. The average Bonchev–Trinajstić information content (AvgIpc) is 2.64. The molecule has 0 aliphatic carbocycles. The van der Waals surface area contributed by atoms with Crippen LogP contribution in [-0.2, 0) is 16.6 Å². The molecule has 0 amide bonds. The van der Waals surface area contributed by atoms with E-state index in [0.29, 0.717) is 0 Å². The van der Waals surface area contributed by atoms with Crippen LogP contribution in [-0.4, -0.2) is 67.2 Å². The van der Waals surface area contributed by atoms with E-state index in [9.17, 15) is 65.4 Å². The molecule has 31 heavy (non-hydrogen) atoms. The number of aromatic hydroxyl groups is 6. The SMILES string of the molecule is O=C(O)C(O)(O)c1c(O)c(C(O)(O)O)c(O)c(O)c1Nc1c(F)c(O)c(O)c(O)c1Cl. The molecule has 2 aromatic carbocycles. The fourth-order valence-electron chi connectivity index (χ4n) is 2.48. The minimum Gasteiger partial charge on any atom is -0.507 e. The molecule has 16 heteroatoms. The quantitative estimate of drug-likeness (QED) is 0.139. The van der Waals surface area contributed by atoms with Gasteiger partial charge in [-0.15, -0.1) is 0 Å². The van der Waals surface area contributed by atoms with Crippen LogP contribution in [0.5, 0.6) is 34.5 Å². The van der Waals surface area contributed by atoms with Crippen molar-refractivity contribution in [1.29, 1.82) is 0 Å². The van der Waals surface area contributed by atoms with Gasteiger partial charge in [0.2, 0.25) is 5.75 Å². The molecule has 0 unspecified atom stereocenters. The van der Waals surface area contributed by atoms with Crippen LogP contribution in [0.15, 0.2) is 0 Å². The van der Waals surface area contributed by atoms with Gasteiger partial charge in [0, 0.05) is 0 Å². The Bertz CT molecular complexity index is 1070. The van der Waals surface area contributed by atoms with E-state index in [-0.39, 0.29) is 0 Å². The summed E-state index contributed by atoms with van der Waals surface area (Å²) in [4.78, 5) is 11.2. The molecule has 0 aromatic heterocycles. The molecule has 2 aromatic rings. The van der Waals surface area contributed by atoms with Gasteiger partial charge in [-0.05, 0) is 0 Å². The van der Waals surface area contributed by atoms with Crippen LogP contribution in [0.4, 0.5) is 15.8 Å². The summed E-state index contributed by atoms with van der Waals surface area (Å²) in [7, 11) is 0. The Balaban J connectivity index is 3.01. The third-order valence-corrected chi connectivity index (χ3v) is 4.33. The Morgan fingerprint density at radius 3 is 1.71 bits per heavy atom. The molecule has 0 spiro atoms. The van der Waals surface area contributed by atoms with Gasteiger partial charge in [0.1, 0.15) is 22.0 Å². The lowest BCUT2D eigenvalue weighted by Gasteiger charge is -2.27. The zero-order valence-electron chi connectivity index (χ0n) is 14.5. The number of hydrogen-bond acceptors (Lipinski definition) is 13. The molecule has 170 valence electrons. The van der Waals surface area contributed by atoms with Crippen LogP contribution in [0.2, 0.25) is 5.02 Å². The molecule has 14 nitrogen and oxygen atoms in total. The van der Waals surface area contributed by atoms with Crippen molar-refractivity contribution in [3.8, 4) is 34.5 Å². The highest BCUT2D eigenvalue weighted by atomic mass is 35.5. The second-order valence-electron chi connectivity index (χ2n) is 5.96. The minimum atomic E-state index is -4.22. The number of hydrogen-bond donors (Lipinski definition) is 13. The molecular formula is C15H13ClFNO13. The van der Waals surface area contributed by atoms with Crippen LogP contribution in [0.1, 0.15) is 11.1 Å². The maximum absolute atomic E-state index is 14.3. The molecular weight excluding hydrogens is 457 g/mol. The third-order valence-electron chi connectivity index (χ3n) is 3.96. The Labute approximate surface area is 173 Å². The van der Waals surface area contributed by atoms with E-state index >= 15 is 0 Å². The number of carbonyl (C=O) groups is 1. The van der Waals surface area contributed by atoms with Gasteiger partial charge in [-0.1, -0.05) is 11.6 Å². The van der Waals surface area contributed by atoms with Crippen molar-refractivity contribution in [2.24, 2.45) is 0 Å². The lowest BCUT2D eigenvalue weighted by atomic mass is 9.95. The Morgan fingerprint density at radius 1 is 0.742 bits per heavy atom. The van der Waals surface area contributed by atoms with Gasteiger partial charge in [0.25, 0.3) is 5.79 Å². The molecule has 0 aliphatic heterocycles. The van der Waals surface area contributed by atoms with E-state index in [1.807, 2.05) is 0 Å². The summed E-state index contributed by atoms with van der Waals surface area (Å²) in [5, 5.41) is 116. The first-order chi connectivity index (χ1) is 14.0. The third kappa shape index (κ3) is 3.61. The van der Waals surface area contributed by atoms with E-state index in [4.69, 9.17) is 16.7 Å². The highest BCUT2D eigenvalue weighted by Gasteiger charge is 2.47. The first kappa shape index (κ1) is 23.8. The lowest BCUT2D eigenvalue weighted by molar-refractivity contribution is -0.325. The van der Waals surface area contributed by atoms with Gasteiger partial charge < -0.3 is 66.6 Å². The summed E-state index contributed by atoms with van der Waals surface area (Å²) in [6.07, 6.45) is 0. The van der Waals surface area contributed by atoms with Crippen molar-refractivity contribution >= 4 is 28.9 Å². The predicted molar refractivity (Wildman–Crippen MR) is 93.2 cm³/mol. The fraction of sp³-hybridized carbons (Fsp3) is 0.133. The number of carboxylic acids is 1. The predicted octanol–water partition coefficient (Wildman–Crippen LogP) is -1.23. The number of nitrogens with one attached hydrogen (secondary N) is 1. The molecule has 0 heterocycles. The highest BCUT2D eigenvalue weighted by Crippen LogP contribution is 2.54. The molecule has 2 rings (SSSR count). The summed E-state index contributed by atoms with van der Waals surface area (Å²) in [5.41, 5.74) is -6.35. The summed E-state index contributed by atoms with van der Waals surface area (Å²) in [6.45, 7) is 0. The second kappa shape index (κ2) is 7.34. The largest absolute Gasteiger partial charge is 0.507 e. The summed E-state index contributed by atoms with van der Waals surface area (Å²) >= 11 is 5.60. The number of phenolic OH excluding ortho intramolecular Hbond substituents is 6. The molecule has 0 aliphatic rings. The van der Waals surface area contributed by atoms with Crippen LogP contribution >= 0.6 is 11.6 Å². The van der Waals surface area contributed by atoms with Gasteiger partial charge in [-0.3, -0.25) is 0 Å². The average molecular weight is 470 g/mol. The first-order valence-electron chi connectivity index (χ1n) is 7.52. The number of aliphatic hydroxyl groups is 5. The van der Waals surface area contributed by atoms with E-state index in [1.54, 1.807) is 5.32 Å². The first-order valence-corrected chi connectivity index (χ1v) is 7.89. The number of benzene rings is 2. The van der Waals surface area contributed by atoms with Gasteiger partial charge in [-0.2, -0.15) is 0 Å². The summed E-state index contributed by atoms with van der Waals surface area (Å²) in [6, 6.07) is 0. The van der Waals surface area contributed by atoms with Crippen LogP contribution in [0, 0.1) is 5.82 Å². The molecule has 0 saturated heterocycles. The maximum Gasteiger partial charge on any atom is 0.369 e. The normalized spacial score (nSPS) is 12.1. The molecule has 13 N–H and O–H groups in total. The van der Waals surface area contributed by atoms with Gasteiger partial charge in [0.05, 0.1) is 11.3 Å². The zero-order chi connectivity index (χ0) is 24.2. The lowest BCUT2D eigenvalue weighted by Crippen LogP contribution is -2.37. The summed E-state index contributed by atoms with van der Waals surface area (Å²) < 4.78 is 14.3. The van der Waals surface area contributed by atoms with Crippen LogP contribution in [0.3, 0.4) is 0 Å². The van der Waals surface area contributed by atoms with Crippen molar-refractivity contribution < 1.29 is 70.5 Å². The van der Waals surface area contributed by atoms with Gasteiger partial charge in [-0.25, -0.2) is 9.18 Å². The monoisotopic (exact) mass is 469 g/mol. The number of phenols is 6. The minimum absolute atomic E-state index is 1.13. The van der Waals surface area contributed by atoms with Crippen LogP contribution < -0.4 is 5.32 Å². The van der Waals surface area contributed by atoms with Gasteiger partial charge >= 0.3 is 11.9 Å². The van der Waals surface area contributed by atoms with E-state index in [2.05, 4.69) is 0 Å². The standard InChI is InChI=1S/C15H13ClFNO13/c16-3-6(4(17)10(22)12(24)9(3)21)18-5-1(14(27,28)13(25)26)7(19)2(15(29,30)31)8(20)11(5)23/h18-24,27-31H,(H,25,26). The number of carboxylic acid groups (broad SMARTS) is 1. The summed E-state index contributed by atoms with van der Waals surface area (Å²) in [5.74, 6) is -22.7. The molecule has 0 saturated carbocycles. The zero-order valence-corrected chi connectivity index (χ0v) is 15.3. The van der Waals surface area contributed by atoms with Crippen molar-refractivity contribution in [3.05, 3.63) is 22.0 Å². The van der Waals surface area contributed by atoms with Crippen molar-refractivity contribution in [3.63, 3.8) is 0 Å². The fourth-order valence-corrected chi connectivity index (χ4v) is 2.70. The number of anilines is 2. The smallest absolute Gasteiger partial charge is 0.369 e. The second-order valence-corrected chi connectivity index (χ2v) is 6.34. The Kier molecular flexibility index (Phi) is 5.64. The Hall–Kier alpha value is -3.47. The van der Waals surface area contributed by atoms with Gasteiger partial charge in [0.15, 0.2) is 28.8 Å². The topological polar surface area (TPSA) is 272 Å². The molecule has 0 fully saturated rings. The van der Waals surface area contributed by atoms with E-state index in [0.717, 1.165) is 0 Å². The van der Waals surface area contributed by atoms with E-state index < -0.39 is 85.6 Å². The van der Waals surface area contributed by atoms with Crippen molar-refractivity contribution in [2.45, 2.75) is 11.8 Å². The number of rotatable bonds is 5. The van der Waals surface area contributed by atoms with Crippen LogP contribution in [0.25, 0.3) is 0 Å². The van der Waals surface area contributed by atoms with Crippen molar-refractivity contribution in [1.82, 2.24) is 0 Å². The number of halogens is 2. The maximum atomic E-state index is 14.3. The highest BCUT2D eigenvalue weighted by molar-refractivity contribution is 6.35. The molecule has 0 bridgehead atoms. The van der Waals surface area contributed by atoms with E-state index in [1.165, 1.54) is 0 Å².